The minimum atomic E-state index is -1.33. The van der Waals surface area contributed by atoms with Gasteiger partial charge in [0.2, 0.25) is 0 Å². The highest BCUT2D eigenvalue weighted by Gasteiger charge is 2.05. The Balaban J connectivity index is 0.000000267. The minimum absolute atomic E-state index is 0.840. The first kappa shape index (κ1) is 12.1. The zero-order valence-electron chi connectivity index (χ0n) is 9.20. The lowest BCUT2D eigenvalue weighted by atomic mass is 10.3. The van der Waals surface area contributed by atoms with Crippen molar-refractivity contribution in [3.63, 3.8) is 0 Å². The number of para-hydroxylation sites is 2. The number of nitrogens with one attached hydrogen (secondary N) is 1. The normalized spacial score (nSPS) is 9.78. The summed E-state index contributed by atoms with van der Waals surface area (Å²) in [5, 5.41) is 9.18. The Morgan fingerprint density at radius 1 is 1.39 bits per heavy atom. The summed E-state index contributed by atoms with van der Waals surface area (Å²) in [5.74, 6) is 0.840. The van der Waals surface area contributed by atoms with E-state index in [4.69, 9.17) is 9.90 Å². The van der Waals surface area contributed by atoms with Gasteiger partial charge in [-0.25, -0.2) is 14.8 Å². The summed E-state index contributed by atoms with van der Waals surface area (Å²) in [7, 11) is 0. The predicted molar refractivity (Wildman–Crippen MR) is 69.4 cm³/mol. The fraction of sp³-hybridized carbons (Fsp3) is 0. The van der Waals surface area contributed by atoms with Crippen molar-refractivity contribution < 1.29 is 9.90 Å². The monoisotopic (exact) mass is 262 g/mol. The number of nitrogens with zero attached hydrogens (tertiary/aromatic N) is 2. The molecule has 0 fully saturated rings. The molecule has 0 unspecified atom stereocenters. The molecule has 0 aliphatic heterocycles. The molecule has 0 saturated carbocycles. The fourth-order valence-corrected chi connectivity index (χ4v) is 1.94. The molecule has 0 aliphatic rings. The van der Waals surface area contributed by atoms with Crippen LogP contribution in [0.1, 0.15) is 0 Å². The molecule has 0 saturated heterocycles. The third-order valence-electron chi connectivity index (χ3n) is 2.06. The quantitative estimate of drug-likeness (QED) is 0.625. The zero-order chi connectivity index (χ0) is 13.0. The molecule has 2 aromatic heterocycles. The number of hydrogen-bond donors (Lipinski definition) is 3. The number of H-pyrrole nitrogens is 1. The summed E-state index contributed by atoms with van der Waals surface area (Å²) < 4.78 is 0. The van der Waals surface area contributed by atoms with Crippen LogP contribution in [0, 0.1) is 0 Å². The number of thiazole rings is 1. The number of imidazole rings is 1. The molecule has 0 radical (unpaired) electrons. The Bertz CT molecular complexity index is 611. The maximum atomic E-state index is 8.78. The minimum Gasteiger partial charge on any atom is -0.465 e. The van der Waals surface area contributed by atoms with Gasteiger partial charge < -0.3 is 15.8 Å². The van der Waals surface area contributed by atoms with Gasteiger partial charge in [-0.05, 0) is 12.1 Å². The molecule has 18 heavy (non-hydrogen) atoms. The first-order chi connectivity index (χ1) is 8.66. The zero-order valence-corrected chi connectivity index (χ0v) is 10.0. The third-order valence-corrected chi connectivity index (χ3v) is 2.65. The largest absolute Gasteiger partial charge is 0.465 e. The van der Waals surface area contributed by atoms with Crippen LogP contribution < -0.4 is 5.73 Å². The van der Waals surface area contributed by atoms with Gasteiger partial charge in [-0.3, -0.25) is 0 Å². The molecule has 6 nitrogen and oxygen atoms in total. The number of hydrogen-bond acceptors (Lipinski definition) is 4. The van der Waals surface area contributed by atoms with Gasteiger partial charge in [0.15, 0.2) is 5.82 Å². The number of aromatic amines is 1. The number of fused-ring (bicyclic) bond motifs is 1. The number of rotatable bonds is 1. The second-order valence-corrected chi connectivity index (χ2v) is 4.03. The third kappa shape index (κ3) is 2.83. The summed E-state index contributed by atoms with van der Waals surface area (Å²) in [5.41, 5.74) is 8.78. The van der Waals surface area contributed by atoms with Crippen molar-refractivity contribution in [1.29, 1.82) is 0 Å². The number of benzene rings is 1. The molecule has 4 N–H and O–H groups in total. The van der Waals surface area contributed by atoms with Crippen LogP contribution in [-0.2, 0) is 0 Å². The SMILES string of the molecule is NC(=O)O.c1ccc2[nH]c(-c3cscn3)nc2c1. The van der Waals surface area contributed by atoms with Crippen LogP contribution in [-0.4, -0.2) is 26.2 Å². The molecule has 1 aromatic carbocycles. The lowest BCUT2D eigenvalue weighted by Crippen LogP contribution is -2.03. The lowest BCUT2D eigenvalue weighted by molar-refractivity contribution is 0.205. The number of carboxylic acid groups (broad SMARTS) is 1. The van der Waals surface area contributed by atoms with E-state index in [2.05, 4.69) is 20.7 Å². The van der Waals surface area contributed by atoms with Gasteiger partial charge in [0.05, 0.1) is 16.5 Å². The van der Waals surface area contributed by atoms with Crippen molar-refractivity contribution in [3.8, 4) is 11.5 Å². The molecule has 0 spiro atoms. The topological polar surface area (TPSA) is 105 Å². The number of primary amides is 1. The molecule has 1 amide bonds. The van der Waals surface area contributed by atoms with E-state index >= 15 is 0 Å². The summed E-state index contributed by atoms with van der Waals surface area (Å²) in [6.45, 7) is 0. The Morgan fingerprint density at radius 3 is 2.72 bits per heavy atom. The van der Waals surface area contributed by atoms with Crippen LogP contribution in [0.2, 0.25) is 0 Å². The molecule has 0 atom stereocenters. The highest BCUT2D eigenvalue weighted by molar-refractivity contribution is 7.07. The fourth-order valence-electron chi connectivity index (χ4n) is 1.40. The lowest BCUT2D eigenvalue weighted by Gasteiger charge is -1.84. The van der Waals surface area contributed by atoms with E-state index in [-0.39, 0.29) is 0 Å². The molecule has 0 bridgehead atoms. The van der Waals surface area contributed by atoms with Crippen molar-refractivity contribution in [2.45, 2.75) is 0 Å². The van der Waals surface area contributed by atoms with Crippen LogP contribution in [0.15, 0.2) is 35.2 Å². The van der Waals surface area contributed by atoms with Crippen LogP contribution in [0.25, 0.3) is 22.6 Å². The van der Waals surface area contributed by atoms with Crippen LogP contribution in [0.3, 0.4) is 0 Å². The maximum Gasteiger partial charge on any atom is 0.402 e. The second-order valence-electron chi connectivity index (χ2n) is 3.31. The molecule has 3 aromatic rings. The summed E-state index contributed by atoms with van der Waals surface area (Å²) in [6, 6.07) is 7.97. The molecular formula is C11H10N4O2S. The van der Waals surface area contributed by atoms with Gasteiger partial charge in [0.25, 0.3) is 0 Å². The summed E-state index contributed by atoms with van der Waals surface area (Å²) in [4.78, 5) is 20.7. The van der Waals surface area contributed by atoms with Gasteiger partial charge in [-0.15, -0.1) is 11.3 Å². The standard InChI is InChI=1S/C10H7N3S.CH3NO2/c1-2-4-8-7(3-1)12-10(13-8)9-5-14-6-11-9;2-1(3)4/h1-6H,(H,12,13);2H2,(H,3,4). The highest BCUT2D eigenvalue weighted by atomic mass is 32.1. The molecule has 92 valence electrons. The first-order valence-corrected chi connectivity index (χ1v) is 5.93. The van der Waals surface area contributed by atoms with Gasteiger partial charge in [0, 0.05) is 5.38 Å². The summed E-state index contributed by atoms with van der Waals surface area (Å²) >= 11 is 1.57. The van der Waals surface area contributed by atoms with E-state index in [0.29, 0.717) is 0 Å². The number of carbonyl (C=O) groups is 1. The van der Waals surface area contributed by atoms with Gasteiger partial charge >= 0.3 is 6.09 Å². The summed E-state index contributed by atoms with van der Waals surface area (Å²) in [6.07, 6.45) is -1.33. The maximum absolute atomic E-state index is 8.78. The smallest absolute Gasteiger partial charge is 0.402 e. The van der Waals surface area contributed by atoms with E-state index in [9.17, 15) is 0 Å². The molecular weight excluding hydrogens is 252 g/mol. The van der Waals surface area contributed by atoms with Crippen molar-refractivity contribution in [2.75, 3.05) is 0 Å². The Morgan fingerprint density at radius 2 is 2.11 bits per heavy atom. The van der Waals surface area contributed by atoms with E-state index in [1.807, 2.05) is 35.2 Å². The van der Waals surface area contributed by atoms with Crippen LogP contribution in [0.4, 0.5) is 4.79 Å². The van der Waals surface area contributed by atoms with Crippen molar-refractivity contribution >= 4 is 28.5 Å². The Hall–Kier alpha value is -2.41. The Labute approximate surface area is 106 Å². The molecule has 2 heterocycles. The number of amides is 1. The van der Waals surface area contributed by atoms with Crippen molar-refractivity contribution in [2.24, 2.45) is 5.73 Å². The van der Waals surface area contributed by atoms with Gasteiger partial charge in [-0.1, -0.05) is 12.1 Å². The van der Waals surface area contributed by atoms with Gasteiger partial charge in [0.1, 0.15) is 5.69 Å². The van der Waals surface area contributed by atoms with Gasteiger partial charge in [-0.2, -0.15) is 0 Å². The highest BCUT2D eigenvalue weighted by Crippen LogP contribution is 2.19. The van der Waals surface area contributed by atoms with Crippen LogP contribution in [0.5, 0.6) is 0 Å². The van der Waals surface area contributed by atoms with E-state index in [1.54, 1.807) is 11.3 Å². The van der Waals surface area contributed by atoms with Crippen molar-refractivity contribution in [1.82, 2.24) is 15.0 Å². The first-order valence-electron chi connectivity index (χ1n) is 4.98. The molecule has 7 heteroatoms. The molecule has 3 rings (SSSR count). The Kier molecular flexibility index (Phi) is 3.54. The number of aromatic nitrogens is 3. The van der Waals surface area contributed by atoms with E-state index < -0.39 is 6.09 Å². The van der Waals surface area contributed by atoms with Crippen LogP contribution >= 0.6 is 11.3 Å². The van der Waals surface area contributed by atoms with Crippen molar-refractivity contribution in [3.05, 3.63) is 35.2 Å². The predicted octanol–water partition coefficient (Wildman–Crippen LogP) is 2.31. The average Bonchev–Trinajstić information content (AvgIpc) is 2.97. The average molecular weight is 262 g/mol. The molecule has 0 aliphatic carbocycles. The number of nitrogens with two attached hydrogens (primary N) is 1. The van der Waals surface area contributed by atoms with E-state index in [1.165, 1.54) is 0 Å². The van der Waals surface area contributed by atoms with E-state index in [0.717, 1.165) is 22.6 Å². The second kappa shape index (κ2) is 5.28.